The van der Waals surface area contributed by atoms with Gasteiger partial charge in [0, 0.05) is 6.61 Å². The summed E-state index contributed by atoms with van der Waals surface area (Å²) in [5.74, 6) is 3.63. The van der Waals surface area contributed by atoms with E-state index in [1.807, 2.05) is 6.92 Å². The van der Waals surface area contributed by atoms with Crippen molar-refractivity contribution in [1.82, 2.24) is 5.43 Å². The average molecular weight is 479 g/mol. The Labute approximate surface area is 190 Å². The van der Waals surface area contributed by atoms with Gasteiger partial charge in [0.25, 0.3) is 5.91 Å². The van der Waals surface area contributed by atoms with Crippen LogP contribution in [0.15, 0.2) is 30.3 Å². The molecule has 2 atom stereocenters. The Hall–Kier alpha value is -1.46. The van der Waals surface area contributed by atoms with Crippen LogP contribution < -0.4 is 11.3 Å². The highest BCUT2D eigenvalue weighted by Crippen LogP contribution is 2.39. The van der Waals surface area contributed by atoms with Crippen molar-refractivity contribution in [3.8, 4) is 0 Å². The van der Waals surface area contributed by atoms with Crippen molar-refractivity contribution in [3.63, 3.8) is 0 Å². The standard InChI is InChI=1S/C22H37F3N2O4Si/c1-17(31-32(5,6)20(2,3)4)15-29-14-10-13-21(19(28)27-26,22(23,24)25)30-16-18-11-8-7-9-12-18/h7-9,11-12,17H,10,13-16,26H2,1-6H3,(H,27,28)/t17?,21-/m1/s1. The van der Waals surface area contributed by atoms with Gasteiger partial charge >= 0.3 is 6.18 Å². The smallest absolute Gasteiger partial charge is 0.412 e. The van der Waals surface area contributed by atoms with Crippen molar-refractivity contribution in [2.45, 2.75) is 83.2 Å². The van der Waals surface area contributed by atoms with Crippen LogP contribution in [0.5, 0.6) is 0 Å². The lowest BCUT2D eigenvalue weighted by molar-refractivity contribution is -0.273. The summed E-state index contributed by atoms with van der Waals surface area (Å²) >= 11 is 0. The summed E-state index contributed by atoms with van der Waals surface area (Å²) in [4.78, 5) is 12.2. The normalized spacial score (nSPS) is 15.8. The largest absolute Gasteiger partial charge is 0.426 e. The zero-order chi connectivity index (χ0) is 24.6. The second-order valence-electron chi connectivity index (χ2n) is 9.44. The van der Waals surface area contributed by atoms with E-state index in [4.69, 9.17) is 19.7 Å². The van der Waals surface area contributed by atoms with Crippen LogP contribution in [0.4, 0.5) is 13.2 Å². The van der Waals surface area contributed by atoms with Gasteiger partial charge in [0.15, 0.2) is 8.32 Å². The van der Waals surface area contributed by atoms with Crippen LogP contribution in [-0.2, 0) is 25.3 Å². The highest BCUT2D eigenvalue weighted by Gasteiger charge is 2.61. The summed E-state index contributed by atoms with van der Waals surface area (Å²) in [6.45, 7) is 12.4. The fourth-order valence-corrected chi connectivity index (χ4v) is 4.31. The molecule has 6 nitrogen and oxygen atoms in total. The van der Waals surface area contributed by atoms with E-state index in [9.17, 15) is 18.0 Å². The van der Waals surface area contributed by atoms with Crippen LogP contribution >= 0.6 is 0 Å². The molecule has 0 bridgehead atoms. The molecule has 1 rings (SSSR count). The van der Waals surface area contributed by atoms with Crippen molar-refractivity contribution < 1.29 is 31.9 Å². The van der Waals surface area contributed by atoms with Crippen LogP contribution in [0.1, 0.15) is 46.1 Å². The monoisotopic (exact) mass is 478 g/mol. The molecular weight excluding hydrogens is 441 g/mol. The Morgan fingerprint density at radius 2 is 1.75 bits per heavy atom. The molecule has 32 heavy (non-hydrogen) atoms. The first-order valence-electron chi connectivity index (χ1n) is 10.7. The molecule has 1 amide bonds. The fourth-order valence-electron chi connectivity index (χ4n) is 2.89. The van der Waals surface area contributed by atoms with E-state index in [0.29, 0.717) is 5.56 Å². The molecule has 3 N–H and O–H groups in total. The maximum atomic E-state index is 14.0. The Balaban J connectivity index is 2.71. The molecule has 1 aromatic rings. The van der Waals surface area contributed by atoms with Crippen LogP contribution in [-0.4, -0.2) is 45.3 Å². The number of benzene rings is 1. The zero-order valence-electron chi connectivity index (χ0n) is 19.8. The summed E-state index contributed by atoms with van der Waals surface area (Å²) in [6, 6.07) is 8.33. The van der Waals surface area contributed by atoms with E-state index < -0.39 is 32.4 Å². The van der Waals surface area contributed by atoms with Gasteiger partial charge in [-0.15, -0.1) is 0 Å². The third-order valence-corrected chi connectivity index (χ3v) is 10.4. The summed E-state index contributed by atoms with van der Waals surface area (Å²) in [5, 5.41) is 0.0409. The van der Waals surface area contributed by atoms with Crippen LogP contribution in [0.3, 0.4) is 0 Å². The SMILES string of the molecule is CC(COCCC[C@@](OCc1ccccc1)(C(=O)NN)C(F)(F)F)O[Si](C)(C)C(C)(C)C. The van der Waals surface area contributed by atoms with E-state index in [-0.39, 0.29) is 37.4 Å². The molecule has 1 unspecified atom stereocenters. The number of alkyl halides is 3. The second kappa shape index (κ2) is 11.6. The second-order valence-corrected chi connectivity index (χ2v) is 14.2. The van der Waals surface area contributed by atoms with Crippen molar-refractivity contribution >= 4 is 14.2 Å². The number of hydrazine groups is 1. The van der Waals surface area contributed by atoms with Crippen molar-refractivity contribution in [3.05, 3.63) is 35.9 Å². The molecule has 0 saturated heterocycles. The Kier molecular flexibility index (Phi) is 10.4. The Morgan fingerprint density at radius 1 is 1.16 bits per heavy atom. The van der Waals surface area contributed by atoms with Gasteiger partial charge in [0.1, 0.15) is 0 Å². The summed E-state index contributed by atoms with van der Waals surface area (Å²) in [6.07, 6.45) is -5.81. The number of carbonyl (C=O) groups excluding carboxylic acids is 1. The maximum absolute atomic E-state index is 14.0. The molecule has 10 heteroatoms. The van der Waals surface area contributed by atoms with Gasteiger partial charge in [-0.25, -0.2) is 5.84 Å². The minimum absolute atomic E-state index is 0.0234. The predicted octanol–water partition coefficient (Wildman–Crippen LogP) is 4.70. The molecule has 0 heterocycles. The van der Waals surface area contributed by atoms with E-state index in [1.54, 1.807) is 35.8 Å². The number of ether oxygens (including phenoxy) is 2. The van der Waals surface area contributed by atoms with Crippen molar-refractivity contribution in [1.29, 1.82) is 0 Å². The zero-order valence-corrected chi connectivity index (χ0v) is 20.8. The first kappa shape index (κ1) is 28.6. The van der Waals surface area contributed by atoms with Crippen molar-refractivity contribution in [2.24, 2.45) is 5.84 Å². The van der Waals surface area contributed by atoms with E-state index >= 15 is 0 Å². The first-order chi connectivity index (χ1) is 14.7. The molecule has 184 valence electrons. The molecule has 0 aliphatic rings. The molecule has 0 aliphatic carbocycles. The molecule has 0 aromatic heterocycles. The third kappa shape index (κ3) is 7.84. The number of carbonyl (C=O) groups is 1. The molecule has 0 aliphatic heterocycles. The summed E-state index contributed by atoms with van der Waals surface area (Å²) in [5.41, 5.74) is -0.945. The van der Waals surface area contributed by atoms with Gasteiger partial charge in [-0.3, -0.25) is 10.2 Å². The van der Waals surface area contributed by atoms with E-state index in [2.05, 4.69) is 33.9 Å². The number of hydrogen-bond donors (Lipinski definition) is 2. The summed E-state index contributed by atoms with van der Waals surface area (Å²) < 4.78 is 58.8. The van der Waals surface area contributed by atoms with Gasteiger partial charge in [-0.05, 0) is 43.5 Å². The lowest BCUT2D eigenvalue weighted by atomic mass is 9.95. The lowest BCUT2D eigenvalue weighted by Gasteiger charge is -2.38. The van der Waals surface area contributed by atoms with E-state index in [1.165, 1.54) is 0 Å². The molecule has 0 saturated carbocycles. The van der Waals surface area contributed by atoms with Gasteiger partial charge in [0.2, 0.25) is 5.60 Å². The highest BCUT2D eigenvalue weighted by molar-refractivity contribution is 6.74. The number of nitrogens with two attached hydrogens (primary N) is 1. The molecule has 1 aromatic carbocycles. The van der Waals surface area contributed by atoms with Gasteiger partial charge < -0.3 is 13.9 Å². The van der Waals surface area contributed by atoms with Gasteiger partial charge in [-0.1, -0.05) is 51.1 Å². The predicted molar refractivity (Wildman–Crippen MR) is 120 cm³/mol. The summed E-state index contributed by atoms with van der Waals surface area (Å²) in [7, 11) is -1.97. The molecule has 0 radical (unpaired) electrons. The molecule has 0 fully saturated rings. The minimum atomic E-state index is -4.95. The number of rotatable bonds is 12. The first-order valence-corrected chi connectivity index (χ1v) is 13.6. The number of halogens is 3. The Bertz CT molecular complexity index is 711. The number of nitrogens with one attached hydrogen (secondary N) is 1. The van der Waals surface area contributed by atoms with Crippen LogP contribution in [0, 0.1) is 0 Å². The number of hydrogen-bond acceptors (Lipinski definition) is 5. The fraction of sp³-hybridized carbons (Fsp3) is 0.682. The maximum Gasteiger partial charge on any atom is 0.426 e. The minimum Gasteiger partial charge on any atom is -0.412 e. The van der Waals surface area contributed by atoms with Crippen LogP contribution in [0.2, 0.25) is 18.1 Å². The average Bonchev–Trinajstić information content (AvgIpc) is 2.68. The van der Waals surface area contributed by atoms with E-state index in [0.717, 1.165) is 0 Å². The van der Waals surface area contributed by atoms with Crippen LogP contribution in [0.25, 0.3) is 0 Å². The number of amides is 1. The topological polar surface area (TPSA) is 82.8 Å². The molecular formula is C22H37F3N2O4Si. The lowest BCUT2D eigenvalue weighted by Crippen LogP contribution is -2.60. The molecule has 0 spiro atoms. The van der Waals surface area contributed by atoms with Gasteiger partial charge in [-0.2, -0.15) is 13.2 Å². The quantitative estimate of drug-likeness (QED) is 0.150. The Morgan fingerprint density at radius 3 is 2.25 bits per heavy atom. The van der Waals surface area contributed by atoms with Crippen molar-refractivity contribution in [2.75, 3.05) is 13.2 Å². The van der Waals surface area contributed by atoms with Gasteiger partial charge in [0.05, 0.1) is 19.3 Å². The highest BCUT2D eigenvalue weighted by atomic mass is 28.4. The third-order valence-electron chi connectivity index (χ3n) is 5.76.